The highest BCUT2D eigenvalue weighted by Crippen LogP contribution is 2.16. The minimum absolute atomic E-state index is 0.0920. The number of carbonyl (C=O) groups excluding carboxylic acids is 1. The molecule has 2 aromatic rings. The first-order valence-electron chi connectivity index (χ1n) is 6.59. The minimum Gasteiger partial charge on any atom is -0.346 e. The van der Waals surface area contributed by atoms with Crippen LogP contribution in [0.1, 0.15) is 34.5 Å². The number of nitrogens with zero attached hydrogens (tertiary/aromatic N) is 1. The lowest BCUT2D eigenvalue weighted by atomic mass is 10.1. The fraction of sp³-hybridized carbons (Fsp3) is 0.188. The van der Waals surface area contributed by atoms with E-state index in [0.717, 1.165) is 11.1 Å². The number of hydrogen-bond donors (Lipinski definition) is 1. The molecule has 0 saturated heterocycles. The summed E-state index contributed by atoms with van der Waals surface area (Å²) in [6.45, 7) is 3.87. The predicted molar refractivity (Wildman–Crippen MR) is 80.2 cm³/mol. The van der Waals surface area contributed by atoms with Gasteiger partial charge in [0.15, 0.2) is 0 Å². The van der Waals surface area contributed by atoms with Crippen LogP contribution >= 0.6 is 0 Å². The third-order valence-corrected chi connectivity index (χ3v) is 3.24. The maximum Gasteiger partial charge on any atom is 0.270 e. The van der Waals surface area contributed by atoms with Gasteiger partial charge in [0, 0.05) is 17.7 Å². The van der Waals surface area contributed by atoms with Gasteiger partial charge in [0.2, 0.25) is 0 Å². The molecule has 0 radical (unpaired) electrons. The molecule has 0 saturated carbocycles. The third kappa shape index (κ3) is 3.66. The summed E-state index contributed by atoms with van der Waals surface area (Å²) in [7, 11) is 0. The van der Waals surface area contributed by atoms with E-state index in [-0.39, 0.29) is 23.2 Å². The van der Waals surface area contributed by atoms with Crippen LogP contribution in [0.15, 0.2) is 48.5 Å². The Morgan fingerprint density at radius 1 is 1.19 bits per heavy atom. The summed E-state index contributed by atoms with van der Waals surface area (Å²) in [5, 5.41) is 13.6. The van der Waals surface area contributed by atoms with Gasteiger partial charge in [0.25, 0.3) is 11.6 Å². The number of carbonyl (C=O) groups is 1. The van der Waals surface area contributed by atoms with Gasteiger partial charge < -0.3 is 5.32 Å². The molecule has 0 heterocycles. The molecule has 0 spiro atoms. The van der Waals surface area contributed by atoms with Crippen molar-refractivity contribution in [1.29, 1.82) is 0 Å². The van der Waals surface area contributed by atoms with E-state index in [9.17, 15) is 14.9 Å². The van der Waals surface area contributed by atoms with Gasteiger partial charge in [-0.3, -0.25) is 14.9 Å². The monoisotopic (exact) mass is 284 g/mol. The van der Waals surface area contributed by atoms with Crippen LogP contribution in [0.4, 0.5) is 5.69 Å². The molecule has 0 aliphatic rings. The van der Waals surface area contributed by atoms with Crippen molar-refractivity contribution >= 4 is 11.6 Å². The van der Waals surface area contributed by atoms with Crippen molar-refractivity contribution in [2.24, 2.45) is 0 Å². The molecule has 5 heteroatoms. The molecule has 108 valence electrons. The fourth-order valence-electron chi connectivity index (χ4n) is 1.98. The van der Waals surface area contributed by atoms with Gasteiger partial charge in [-0.05, 0) is 25.5 Å². The van der Waals surface area contributed by atoms with Crippen LogP contribution in [-0.2, 0) is 0 Å². The van der Waals surface area contributed by atoms with E-state index in [4.69, 9.17) is 0 Å². The number of amides is 1. The summed E-state index contributed by atoms with van der Waals surface area (Å²) < 4.78 is 0. The maximum atomic E-state index is 12.1. The summed E-state index contributed by atoms with van der Waals surface area (Å²) in [5.41, 5.74) is 2.32. The standard InChI is InChI=1S/C16H16N2O3/c1-11-6-8-13(9-7-11)12(2)17-16(19)14-4-3-5-15(10-14)18(20)21/h3-10,12H,1-2H3,(H,17,19). The van der Waals surface area contributed by atoms with Gasteiger partial charge in [-0.25, -0.2) is 0 Å². The topological polar surface area (TPSA) is 72.2 Å². The Labute approximate surface area is 122 Å². The number of rotatable bonds is 4. The summed E-state index contributed by atoms with van der Waals surface area (Å²) in [5.74, 6) is -0.327. The normalized spacial score (nSPS) is 11.7. The number of nitro groups is 1. The van der Waals surface area contributed by atoms with E-state index in [1.54, 1.807) is 6.07 Å². The van der Waals surface area contributed by atoms with Gasteiger partial charge in [0.1, 0.15) is 0 Å². The number of benzene rings is 2. The summed E-state index contributed by atoms with van der Waals surface area (Å²) in [6.07, 6.45) is 0. The number of non-ortho nitro benzene ring substituents is 1. The highest BCUT2D eigenvalue weighted by Gasteiger charge is 2.14. The van der Waals surface area contributed by atoms with E-state index >= 15 is 0 Å². The second kappa shape index (κ2) is 6.17. The first-order valence-corrected chi connectivity index (χ1v) is 6.59. The molecule has 1 atom stereocenters. The van der Waals surface area contributed by atoms with Gasteiger partial charge in [-0.15, -0.1) is 0 Å². The molecule has 1 unspecified atom stereocenters. The number of nitro benzene ring substituents is 1. The molecule has 5 nitrogen and oxygen atoms in total. The lowest BCUT2D eigenvalue weighted by Gasteiger charge is -2.14. The molecular formula is C16H16N2O3. The average Bonchev–Trinajstić information content (AvgIpc) is 2.48. The van der Waals surface area contributed by atoms with Crippen LogP contribution in [0.25, 0.3) is 0 Å². The molecule has 0 aliphatic carbocycles. The Morgan fingerprint density at radius 3 is 2.48 bits per heavy atom. The lowest BCUT2D eigenvalue weighted by molar-refractivity contribution is -0.384. The number of nitrogens with one attached hydrogen (secondary N) is 1. The molecule has 1 amide bonds. The molecule has 21 heavy (non-hydrogen) atoms. The molecule has 1 N–H and O–H groups in total. The van der Waals surface area contributed by atoms with Crippen molar-refractivity contribution in [2.45, 2.75) is 19.9 Å². The minimum atomic E-state index is -0.514. The largest absolute Gasteiger partial charge is 0.346 e. The highest BCUT2D eigenvalue weighted by atomic mass is 16.6. The second-order valence-electron chi connectivity index (χ2n) is 4.91. The van der Waals surface area contributed by atoms with Crippen LogP contribution in [0.3, 0.4) is 0 Å². The van der Waals surface area contributed by atoms with Crippen molar-refractivity contribution in [3.8, 4) is 0 Å². The zero-order valence-electron chi connectivity index (χ0n) is 11.9. The summed E-state index contributed by atoms with van der Waals surface area (Å²) in [6, 6.07) is 13.4. The van der Waals surface area contributed by atoms with Crippen molar-refractivity contribution in [2.75, 3.05) is 0 Å². The SMILES string of the molecule is Cc1ccc(C(C)NC(=O)c2cccc([N+](=O)[O-])c2)cc1. The second-order valence-corrected chi connectivity index (χ2v) is 4.91. The van der Waals surface area contributed by atoms with E-state index in [1.807, 2.05) is 38.1 Å². The van der Waals surface area contributed by atoms with Crippen molar-refractivity contribution in [1.82, 2.24) is 5.32 Å². The van der Waals surface area contributed by atoms with E-state index < -0.39 is 4.92 Å². The van der Waals surface area contributed by atoms with Crippen molar-refractivity contribution < 1.29 is 9.72 Å². The van der Waals surface area contributed by atoms with Crippen LogP contribution in [-0.4, -0.2) is 10.8 Å². The number of hydrogen-bond acceptors (Lipinski definition) is 3. The van der Waals surface area contributed by atoms with E-state index in [2.05, 4.69) is 5.32 Å². The van der Waals surface area contributed by atoms with Gasteiger partial charge in [0.05, 0.1) is 11.0 Å². The van der Waals surface area contributed by atoms with E-state index in [0.29, 0.717) is 0 Å². The van der Waals surface area contributed by atoms with Gasteiger partial charge in [-0.2, -0.15) is 0 Å². The van der Waals surface area contributed by atoms with Crippen LogP contribution < -0.4 is 5.32 Å². The van der Waals surface area contributed by atoms with Gasteiger partial charge in [-0.1, -0.05) is 35.9 Å². The average molecular weight is 284 g/mol. The van der Waals surface area contributed by atoms with Crippen molar-refractivity contribution in [3.63, 3.8) is 0 Å². The predicted octanol–water partition coefficient (Wildman–Crippen LogP) is 3.39. The zero-order chi connectivity index (χ0) is 15.4. The Kier molecular flexibility index (Phi) is 4.33. The Morgan fingerprint density at radius 2 is 1.86 bits per heavy atom. The summed E-state index contributed by atoms with van der Waals surface area (Å²) in [4.78, 5) is 22.3. The third-order valence-electron chi connectivity index (χ3n) is 3.24. The molecule has 2 rings (SSSR count). The Hall–Kier alpha value is -2.69. The quantitative estimate of drug-likeness (QED) is 0.691. The van der Waals surface area contributed by atoms with Gasteiger partial charge >= 0.3 is 0 Å². The smallest absolute Gasteiger partial charge is 0.270 e. The zero-order valence-corrected chi connectivity index (χ0v) is 11.9. The first kappa shape index (κ1) is 14.7. The number of aryl methyl sites for hydroxylation is 1. The van der Waals surface area contributed by atoms with Crippen LogP contribution in [0.5, 0.6) is 0 Å². The summed E-state index contributed by atoms with van der Waals surface area (Å²) >= 11 is 0. The molecule has 0 bridgehead atoms. The highest BCUT2D eigenvalue weighted by molar-refractivity contribution is 5.95. The lowest BCUT2D eigenvalue weighted by Crippen LogP contribution is -2.26. The molecular weight excluding hydrogens is 268 g/mol. The maximum absolute atomic E-state index is 12.1. The Bertz CT molecular complexity index is 665. The molecule has 0 aliphatic heterocycles. The van der Waals surface area contributed by atoms with Crippen molar-refractivity contribution in [3.05, 3.63) is 75.3 Å². The Balaban J connectivity index is 2.12. The van der Waals surface area contributed by atoms with Crippen LogP contribution in [0, 0.1) is 17.0 Å². The first-order chi connectivity index (χ1) is 9.97. The van der Waals surface area contributed by atoms with E-state index in [1.165, 1.54) is 18.2 Å². The molecule has 0 aromatic heterocycles. The molecule has 2 aromatic carbocycles. The molecule has 0 fully saturated rings. The fourth-order valence-corrected chi connectivity index (χ4v) is 1.98. The van der Waals surface area contributed by atoms with Crippen LogP contribution in [0.2, 0.25) is 0 Å².